The maximum Gasteiger partial charge on any atom is 0.320 e. The molecule has 0 aromatic carbocycles. The molecular formula is C6H9N3O2S. The minimum absolute atomic E-state index is 0.304. The minimum Gasteiger partial charge on any atom is -0.480 e. The predicted octanol–water partition coefficient (Wildman–Crippen LogP) is -0.199. The molecule has 1 rings (SSSR count). The van der Waals surface area contributed by atoms with Crippen LogP contribution in [0.2, 0.25) is 0 Å². The van der Waals surface area contributed by atoms with Crippen molar-refractivity contribution in [1.29, 1.82) is 0 Å². The van der Waals surface area contributed by atoms with Crippen LogP contribution in [-0.4, -0.2) is 26.7 Å². The van der Waals surface area contributed by atoms with Crippen molar-refractivity contribution >= 4 is 17.5 Å². The van der Waals surface area contributed by atoms with Gasteiger partial charge in [0, 0.05) is 6.42 Å². The lowest BCUT2D eigenvalue weighted by Gasteiger charge is -2.02. The van der Waals surface area contributed by atoms with Gasteiger partial charge in [-0.3, -0.25) is 4.79 Å². The van der Waals surface area contributed by atoms with E-state index in [1.54, 1.807) is 6.92 Å². The summed E-state index contributed by atoms with van der Waals surface area (Å²) in [6.07, 6.45) is 0.304. The van der Waals surface area contributed by atoms with Crippen molar-refractivity contribution in [3.05, 3.63) is 10.6 Å². The summed E-state index contributed by atoms with van der Waals surface area (Å²) in [6.45, 7) is 1.79. The molecule has 0 fully saturated rings. The van der Waals surface area contributed by atoms with Crippen LogP contribution in [-0.2, 0) is 11.2 Å². The Labute approximate surface area is 73.4 Å². The van der Waals surface area contributed by atoms with E-state index in [1.807, 2.05) is 0 Å². The van der Waals surface area contributed by atoms with Crippen LogP contribution in [0.4, 0.5) is 0 Å². The minimum atomic E-state index is -0.997. The quantitative estimate of drug-likeness (QED) is 0.684. The Kier molecular flexibility index (Phi) is 2.72. The van der Waals surface area contributed by atoms with Crippen LogP contribution in [0.3, 0.4) is 0 Å². The van der Waals surface area contributed by atoms with E-state index in [2.05, 4.69) is 9.59 Å². The summed E-state index contributed by atoms with van der Waals surface area (Å²) in [7, 11) is 0. The Bertz CT molecular complexity index is 286. The number of rotatable bonds is 3. The molecule has 0 spiro atoms. The number of carboxylic acid groups (broad SMARTS) is 1. The van der Waals surface area contributed by atoms with Gasteiger partial charge in [-0.2, -0.15) is 0 Å². The maximum atomic E-state index is 10.4. The molecule has 0 unspecified atom stereocenters. The van der Waals surface area contributed by atoms with Gasteiger partial charge in [0.25, 0.3) is 0 Å². The van der Waals surface area contributed by atoms with E-state index in [0.29, 0.717) is 6.42 Å². The van der Waals surface area contributed by atoms with E-state index >= 15 is 0 Å². The lowest BCUT2D eigenvalue weighted by atomic mass is 10.2. The van der Waals surface area contributed by atoms with E-state index in [4.69, 9.17) is 10.8 Å². The normalized spacial score (nSPS) is 12.8. The van der Waals surface area contributed by atoms with Gasteiger partial charge in [-0.1, -0.05) is 4.49 Å². The fourth-order valence-electron chi connectivity index (χ4n) is 0.725. The monoisotopic (exact) mass is 187 g/mol. The topological polar surface area (TPSA) is 89.1 Å². The number of carboxylic acids is 1. The Morgan fingerprint density at radius 3 is 2.92 bits per heavy atom. The second kappa shape index (κ2) is 3.59. The van der Waals surface area contributed by atoms with E-state index < -0.39 is 12.0 Å². The first-order valence-corrected chi connectivity index (χ1v) is 4.15. The third-order valence-corrected chi connectivity index (χ3v) is 2.31. The predicted molar refractivity (Wildman–Crippen MR) is 44.0 cm³/mol. The van der Waals surface area contributed by atoms with Crippen LogP contribution in [0.25, 0.3) is 0 Å². The van der Waals surface area contributed by atoms with Crippen LogP contribution in [0, 0.1) is 6.92 Å². The van der Waals surface area contributed by atoms with Gasteiger partial charge in [-0.25, -0.2) is 0 Å². The molecule has 0 saturated carbocycles. The molecule has 1 aromatic heterocycles. The molecule has 0 aliphatic heterocycles. The van der Waals surface area contributed by atoms with Gasteiger partial charge in [0.1, 0.15) is 6.04 Å². The van der Waals surface area contributed by atoms with Crippen molar-refractivity contribution in [1.82, 2.24) is 9.59 Å². The molecule has 0 saturated heterocycles. The van der Waals surface area contributed by atoms with Crippen molar-refractivity contribution in [2.24, 2.45) is 5.73 Å². The first-order chi connectivity index (χ1) is 5.61. The Hall–Kier alpha value is -1.01. The van der Waals surface area contributed by atoms with E-state index in [1.165, 1.54) is 11.5 Å². The van der Waals surface area contributed by atoms with E-state index in [9.17, 15) is 4.79 Å². The third kappa shape index (κ3) is 1.99. The van der Waals surface area contributed by atoms with Gasteiger partial charge >= 0.3 is 5.97 Å². The highest BCUT2D eigenvalue weighted by Gasteiger charge is 2.15. The second-order valence-corrected chi connectivity index (χ2v) is 3.27. The van der Waals surface area contributed by atoms with Crippen LogP contribution in [0.5, 0.6) is 0 Å². The Balaban J connectivity index is 2.64. The number of hydrogen-bond acceptors (Lipinski definition) is 5. The summed E-state index contributed by atoms with van der Waals surface area (Å²) in [6, 6.07) is -0.856. The van der Waals surface area contributed by atoms with Crippen molar-refractivity contribution in [2.75, 3.05) is 0 Å². The zero-order valence-electron chi connectivity index (χ0n) is 6.52. The number of nitrogens with zero attached hydrogens (tertiary/aromatic N) is 2. The van der Waals surface area contributed by atoms with Crippen molar-refractivity contribution in [3.8, 4) is 0 Å². The van der Waals surface area contributed by atoms with Crippen molar-refractivity contribution < 1.29 is 9.90 Å². The highest BCUT2D eigenvalue weighted by atomic mass is 32.1. The van der Waals surface area contributed by atoms with E-state index in [-0.39, 0.29) is 0 Å². The van der Waals surface area contributed by atoms with Crippen molar-refractivity contribution in [2.45, 2.75) is 19.4 Å². The summed E-state index contributed by atoms with van der Waals surface area (Å²) in [5, 5.41) is 12.3. The molecule has 0 aliphatic rings. The molecule has 1 heterocycles. The second-order valence-electron chi connectivity index (χ2n) is 2.43. The molecule has 0 amide bonds. The standard InChI is InChI=1S/C6H9N3O2S/c1-3-5(12-9-8-3)2-4(7)6(10)11/h4H,2,7H2,1H3,(H,10,11)/t4-/m0/s1. The van der Waals surface area contributed by atoms with E-state index in [0.717, 1.165) is 10.6 Å². The molecule has 0 bridgehead atoms. The number of aliphatic carboxylic acids is 1. The molecular weight excluding hydrogens is 178 g/mol. The smallest absolute Gasteiger partial charge is 0.320 e. The highest BCUT2D eigenvalue weighted by molar-refractivity contribution is 7.05. The Morgan fingerprint density at radius 1 is 1.83 bits per heavy atom. The SMILES string of the molecule is Cc1nnsc1C[C@H](N)C(=O)O. The number of aromatic nitrogens is 2. The molecule has 12 heavy (non-hydrogen) atoms. The summed E-state index contributed by atoms with van der Waals surface area (Å²) in [5.74, 6) is -0.997. The van der Waals surface area contributed by atoms with Crippen LogP contribution >= 0.6 is 11.5 Å². The average Bonchev–Trinajstić information content (AvgIpc) is 2.36. The molecule has 0 radical (unpaired) electrons. The summed E-state index contributed by atoms with van der Waals surface area (Å²) in [5.41, 5.74) is 6.09. The summed E-state index contributed by atoms with van der Waals surface area (Å²) >= 11 is 1.19. The van der Waals surface area contributed by atoms with Crippen LogP contribution in [0.15, 0.2) is 0 Å². The fourth-order valence-corrected chi connectivity index (χ4v) is 1.41. The summed E-state index contributed by atoms with van der Waals surface area (Å²) in [4.78, 5) is 11.2. The van der Waals surface area contributed by atoms with Gasteiger partial charge in [0.15, 0.2) is 0 Å². The molecule has 1 atom stereocenters. The van der Waals surface area contributed by atoms with Gasteiger partial charge < -0.3 is 10.8 Å². The first-order valence-electron chi connectivity index (χ1n) is 3.37. The molecule has 1 aromatic rings. The van der Waals surface area contributed by atoms with Gasteiger partial charge in [0.05, 0.1) is 10.6 Å². The number of carbonyl (C=O) groups is 1. The zero-order valence-corrected chi connectivity index (χ0v) is 7.34. The number of nitrogens with two attached hydrogens (primary N) is 1. The van der Waals surface area contributed by atoms with Crippen molar-refractivity contribution in [3.63, 3.8) is 0 Å². The average molecular weight is 187 g/mol. The molecule has 3 N–H and O–H groups in total. The van der Waals surface area contributed by atoms with Crippen LogP contribution in [0.1, 0.15) is 10.6 Å². The maximum absolute atomic E-state index is 10.4. The zero-order chi connectivity index (χ0) is 9.14. The number of aryl methyl sites for hydroxylation is 1. The molecule has 0 aliphatic carbocycles. The fraction of sp³-hybridized carbons (Fsp3) is 0.500. The molecule has 5 nitrogen and oxygen atoms in total. The largest absolute Gasteiger partial charge is 0.480 e. The Morgan fingerprint density at radius 2 is 2.50 bits per heavy atom. The third-order valence-electron chi connectivity index (χ3n) is 1.47. The van der Waals surface area contributed by atoms with Gasteiger partial charge in [-0.05, 0) is 18.5 Å². The van der Waals surface area contributed by atoms with Gasteiger partial charge in [0.2, 0.25) is 0 Å². The lowest BCUT2D eigenvalue weighted by Crippen LogP contribution is -2.32. The molecule has 6 heteroatoms. The first kappa shape index (κ1) is 9.08. The van der Waals surface area contributed by atoms with Gasteiger partial charge in [-0.15, -0.1) is 5.10 Å². The van der Waals surface area contributed by atoms with Crippen LogP contribution < -0.4 is 5.73 Å². The summed E-state index contributed by atoms with van der Waals surface area (Å²) < 4.78 is 3.68. The number of hydrogen-bond donors (Lipinski definition) is 2. The highest BCUT2D eigenvalue weighted by Crippen LogP contribution is 2.10. The molecule has 66 valence electrons. The lowest BCUT2D eigenvalue weighted by molar-refractivity contribution is -0.138.